The van der Waals surface area contributed by atoms with Crippen molar-refractivity contribution in [3.05, 3.63) is 11.7 Å². The standard InChI is InChI=1S/C8H13N3O2/c9-4-7-10-8(11-13-7)6-2-1-3-12-5-6/h6H,1-5,9H2. The van der Waals surface area contributed by atoms with Crippen LogP contribution in [0.2, 0.25) is 0 Å². The van der Waals surface area contributed by atoms with Crippen LogP contribution in [-0.4, -0.2) is 23.4 Å². The highest BCUT2D eigenvalue weighted by atomic mass is 16.5. The lowest BCUT2D eigenvalue weighted by atomic mass is 10.0. The maximum atomic E-state index is 5.37. The van der Waals surface area contributed by atoms with E-state index in [0.29, 0.717) is 19.0 Å². The first-order valence-electron chi connectivity index (χ1n) is 4.50. The number of rotatable bonds is 2. The van der Waals surface area contributed by atoms with Crippen molar-refractivity contribution in [1.82, 2.24) is 10.1 Å². The van der Waals surface area contributed by atoms with Crippen molar-refractivity contribution in [2.75, 3.05) is 13.2 Å². The van der Waals surface area contributed by atoms with Crippen LogP contribution in [0, 0.1) is 0 Å². The highest BCUT2D eigenvalue weighted by molar-refractivity contribution is 4.96. The molecule has 0 amide bonds. The molecule has 0 aliphatic carbocycles. The van der Waals surface area contributed by atoms with Crippen molar-refractivity contribution < 1.29 is 9.26 Å². The van der Waals surface area contributed by atoms with Gasteiger partial charge in [0.1, 0.15) is 0 Å². The van der Waals surface area contributed by atoms with Crippen LogP contribution in [0.3, 0.4) is 0 Å². The van der Waals surface area contributed by atoms with Gasteiger partial charge in [0.2, 0.25) is 5.89 Å². The van der Waals surface area contributed by atoms with Crippen molar-refractivity contribution in [2.45, 2.75) is 25.3 Å². The zero-order valence-electron chi connectivity index (χ0n) is 7.40. The van der Waals surface area contributed by atoms with Crippen LogP contribution in [0.5, 0.6) is 0 Å². The Hall–Kier alpha value is -0.940. The van der Waals surface area contributed by atoms with Crippen LogP contribution in [0.1, 0.15) is 30.5 Å². The maximum Gasteiger partial charge on any atom is 0.240 e. The fourth-order valence-electron chi connectivity index (χ4n) is 1.46. The van der Waals surface area contributed by atoms with Gasteiger partial charge in [-0.15, -0.1) is 0 Å². The van der Waals surface area contributed by atoms with Gasteiger partial charge in [0, 0.05) is 12.5 Å². The summed E-state index contributed by atoms with van der Waals surface area (Å²) in [5.74, 6) is 1.53. The van der Waals surface area contributed by atoms with Crippen LogP contribution >= 0.6 is 0 Å². The third-order valence-electron chi connectivity index (χ3n) is 2.18. The molecule has 2 N–H and O–H groups in total. The van der Waals surface area contributed by atoms with E-state index in [9.17, 15) is 0 Å². The molecule has 5 nitrogen and oxygen atoms in total. The maximum absolute atomic E-state index is 5.37. The van der Waals surface area contributed by atoms with Gasteiger partial charge < -0.3 is 15.0 Å². The minimum atomic E-state index is 0.290. The molecule has 0 spiro atoms. The first-order valence-corrected chi connectivity index (χ1v) is 4.50. The van der Waals surface area contributed by atoms with Crippen molar-refractivity contribution in [3.8, 4) is 0 Å². The Bertz CT molecular complexity index is 268. The molecule has 1 fully saturated rings. The molecule has 1 aliphatic rings. The first kappa shape index (κ1) is 8.65. The number of ether oxygens (including phenoxy) is 1. The first-order chi connectivity index (χ1) is 6.40. The minimum Gasteiger partial charge on any atom is -0.381 e. The van der Waals surface area contributed by atoms with Crippen molar-refractivity contribution in [1.29, 1.82) is 0 Å². The summed E-state index contributed by atoms with van der Waals surface area (Å²) in [5.41, 5.74) is 5.37. The summed E-state index contributed by atoms with van der Waals surface area (Å²) < 4.78 is 10.3. The third kappa shape index (κ3) is 1.87. The summed E-state index contributed by atoms with van der Waals surface area (Å²) in [6.45, 7) is 1.85. The van der Waals surface area contributed by atoms with Gasteiger partial charge in [-0.1, -0.05) is 5.16 Å². The van der Waals surface area contributed by atoms with Gasteiger partial charge in [-0.2, -0.15) is 4.98 Å². The fraction of sp³-hybridized carbons (Fsp3) is 0.750. The van der Waals surface area contributed by atoms with Crippen LogP contribution in [0.4, 0.5) is 0 Å². The number of nitrogens with zero attached hydrogens (tertiary/aromatic N) is 2. The van der Waals surface area contributed by atoms with Gasteiger partial charge in [0.05, 0.1) is 13.2 Å². The second-order valence-electron chi connectivity index (χ2n) is 3.16. The molecule has 1 aliphatic heterocycles. The summed E-state index contributed by atoms with van der Waals surface area (Å²) in [5, 5.41) is 3.86. The molecule has 1 aromatic rings. The molecular weight excluding hydrogens is 170 g/mol. The summed E-state index contributed by atoms with van der Waals surface area (Å²) in [6, 6.07) is 0. The molecular formula is C8H13N3O2. The van der Waals surface area contributed by atoms with Crippen molar-refractivity contribution >= 4 is 0 Å². The average molecular weight is 183 g/mol. The Kier molecular flexibility index (Phi) is 2.56. The Morgan fingerprint density at radius 1 is 1.54 bits per heavy atom. The SMILES string of the molecule is NCc1nc(C2CCCOC2)no1. The molecule has 0 saturated carbocycles. The zero-order chi connectivity index (χ0) is 9.10. The Balaban J connectivity index is 2.05. The van der Waals surface area contributed by atoms with Crippen molar-refractivity contribution in [3.63, 3.8) is 0 Å². The van der Waals surface area contributed by atoms with Crippen LogP contribution in [0.15, 0.2) is 4.52 Å². The van der Waals surface area contributed by atoms with Gasteiger partial charge in [0.15, 0.2) is 5.82 Å². The van der Waals surface area contributed by atoms with E-state index in [0.717, 1.165) is 25.3 Å². The van der Waals surface area contributed by atoms with E-state index in [1.807, 2.05) is 0 Å². The van der Waals surface area contributed by atoms with Crippen LogP contribution in [-0.2, 0) is 11.3 Å². The molecule has 2 heterocycles. The third-order valence-corrected chi connectivity index (χ3v) is 2.18. The molecule has 72 valence electrons. The number of hydrogen-bond donors (Lipinski definition) is 1. The lowest BCUT2D eigenvalue weighted by Gasteiger charge is -2.18. The second kappa shape index (κ2) is 3.85. The average Bonchev–Trinajstić information content (AvgIpc) is 2.67. The normalized spacial score (nSPS) is 23.3. The minimum absolute atomic E-state index is 0.290. The van der Waals surface area contributed by atoms with Gasteiger partial charge in [-0.3, -0.25) is 0 Å². The lowest BCUT2D eigenvalue weighted by molar-refractivity contribution is 0.0773. The van der Waals surface area contributed by atoms with Gasteiger partial charge >= 0.3 is 0 Å². The predicted molar refractivity (Wildman–Crippen MR) is 45.0 cm³/mol. The topological polar surface area (TPSA) is 74.2 Å². The van der Waals surface area contributed by atoms with Gasteiger partial charge in [0.25, 0.3) is 0 Å². The molecule has 1 atom stereocenters. The van der Waals surface area contributed by atoms with Gasteiger partial charge in [-0.05, 0) is 12.8 Å². The summed E-state index contributed by atoms with van der Waals surface area (Å²) >= 11 is 0. The highest BCUT2D eigenvalue weighted by Gasteiger charge is 2.20. The summed E-state index contributed by atoms with van der Waals surface area (Å²) in [7, 11) is 0. The monoisotopic (exact) mass is 183 g/mol. The smallest absolute Gasteiger partial charge is 0.240 e. The predicted octanol–water partition coefficient (Wildman–Crippen LogP) is 0.422. The highest BCUT2D eigenvalue weighted by Crippen LogP contribution is 2.22. The van der Waals surface area contributed by atoms with E-state index >= 15 is 0 Å². The van der Waals surface area contributed by atoms with E-state index < -0.39 is 0 Å². The Morgan fingerprint density at radius 3 is 3.08 bits per heavy atom. The second-order valence-corrected chi connectivity index (χ2v) is 3.16. The van der Waals surface area contributed by atoms with E-state index in [-0.39, 0.29) is 5.92 Å². The molecule has 2 rings (SSSR count). The van der Waals surface area contributed by atoms with E-state index in [1.165, 1.54) is 0 Å². The van der Waals surface area contributed by atoms with Crippen molar-refractivity contribution in [2.24, 2.45) is 5.73 Å². The lowest BCUT2D eigenvalue weighted by Crippen LogP contribution is -2.16. The van der Waals surface area contributed by atoms with E-state index in [1.54, 1.807) is 0 Å². The molecule has 1 saturated heterocycles. The summed E-state index contributed by atoms with van der Waals surface area (Å²) in [6.07, 6.45) is 2.14. The number of aromatic nitrogens is 2. The molecule has 0 radical (unpaired) electrons. The van der Waals surface area contributed by atoms with Gasteiger partial charge in [-0.25, -0.2) is 0 Å². The van der Waals surface area contributed by atoms with E-state index in [4.69, 9.17) is 15.0 Å². The molecule has 1 aromatic heterocycles. The zero-order valence-corrected chi connectivity index (χ0v) is 7.40. The van der Waals surface area contributed by atoms with E-state index in [2.05, 4.69) is 10.1 Å². The summed E-state index contributed by atoms with van der Waals surface area (Å²) in [4.78, 5) is 4.17. The number of hydrogen-bond acceptors (Lipinski definition) is 5. The largest absolute Gasteiger partial charge is 0.381 e. The van der Waals surface area contributed by atoms with Crippen LogP contribution in [0.25, 0.3) is 0 Å². The molecule has 5 heteroatoms. The number of nitrogens with two attached hydrogens (primary N) is 1. The fourth-order valence-corrected chi connectivity index (χ4v) is 1.46. The van der Waals surface area contributed by atoms with Crippen LogP contribution < -0.4 is 5.73 Å². The Labute approximate surface area is 76.3 Å². The molecule has 0 aromatic carbocycles. The quantitative estimate of drug-likeness (QED) is 0.719. The Morgan fingerprint density at radius 2 is 2.46 bits per heavy atom. The molecule has 0 bridgehead atoms. The molecule has 13 heavy (non-hydrogen) atoms. The molecule has 1 unspecified atom stereocenters.